The van der Waals surface area contributed by atoms with Gasteiger partial charge in [0.25, 0.3) is 0 Å². The lowest BCUT2D eigenvalue weighted by atomic mass is 10.1. The standard InChI is InChI=1S/C22H27ClFN5.HI/c1-14-6-7-20(26-13-14)29-10-8-15(9-11-29)27-22(25-2)28-19-12-16(19)21-17(23)4-3-5-18(21)24;/h3-7,13,15-16,19H,8-12H2,1-2H3,(H2,25,27,28);1H. The molecule has 2 unspecified atom stereocenters. The molecule has 1 saturated carbocycles. The molecular weight excluding hydrogens is 516 g/mol. The number of piperidine rings is 1. The lowest BCUT2D eigenvalue weighted by Crippen LogP contribution is -2.49. The largest absolute Gasteiger partial charge is 0.356 e. The molecule has 0 amide bonds. The van der Waals surface area contributed by atoms with Crippen LogP contribution in [0.1, 0.15) is 36.3 Å². The van der Waals surface area contributed by atoms with E-state index in [9.17, 15) is 4.39 Å². The number of nitrogens with one attached hydrogen (secondary N) is 2. The van der Waals surface area contributed by atoms with Crippen molar-refractivity contribution in [3.63, 3.8) is 0 Å². The fourth-order valence-electron chi connectivity index (χ4n) is 3.98. The van der Waals surface area contributed by atoms with Crippen LogP contribution in [-0.4, -0.2) is 43.2 Å². The Labute approximate surface area is 199 Å². The van der Waals surface area contributed by atoms with Crippen molar-refractivity contribution in [2.24, 2.45) is 4.99 Å². The third kappa shape index (κ3) is 5.35. The Bertz CT molecular complexity index is 863. The number of benzene rings is 1. The van der Waals surface area contributed by atoms with Crippen LogP contribution in [0.15, 0.2) is 41.5 Å². The summed E-state index contributed by atoms with van der Waals surface area (Å²) >= 11 is 6.21. The molecule has 0 radical (unpaired) electrons. The highest BCUT2D eigenvalue weighted by atomic mass is 127. The summed E-state index contributed by atoms with van der Waals surface area (Å²) in [5.41, 5.74) is 1.79. The molecule has 5 nitrogen and oxygen atoms in total. The first-order valence-electron chi connectivity index (χ1n) is 10.2. The molecule has 4 rings (SSSR count). The van der Waals surface area contributed by atoms with E-state index in [1.807, 2.05) is 6.20 Å². The first-order chi connectivity index (χ1) is 14.0. The molecule has 1 aliphatic heterocycles. The van der Waals surface area contributed by atoms with Crippen molar-refractivity contribution in [3.05, 3.63) is 58.5 Å². The summed E-state index contributed by atoms with van der Waals surface area (Å²) in [6.45, 7) is 3.97. The minimum absolute atomic E-state index is 0. The highest BCUT2D eigenvalue weighted by Gasteiger charge is 2.42. The van der Waals surface area contributed by atoms with Crippen LogP contribution >= 0.6 is 35.6 Å². The molecule has 2 aliphatic rings. The minimum Gasteiger partial charge on any atom is -0.356 e. The van der Waals surface area contributed by atoms with Crippen LogP contribution in [0.4, 0.5) is 10.2 Å². The van der Waals surface area contributed by atoms with Crippen LogP contribution in [0.3, 0.4) is 0 Å². The van der Waals surface area contributed by atoms with E-state index in [0.717, 1.165) is 44.1 Å². The highest BCUT2D eigenvalue weighted by molar-refractivity contribution is 14.0. The lowest BCUT2D eigenvalue weighted by molar-refractivity contribution is 0.459. The fourth-order valence-corrected chi connectivity index (χ4v) is 4.28. The summed E-state index contributed by atoms with van der Waals surface area (Å²) in [5, 5.41) is 7.45. The Kier molecular flexibility index (Phi) is 7.79. The van der Waals surface area contributed by atoms with Gasteiger partial charge >= 0.3 is 0 Å². The average Bonchev–Trinajstić information content (AvgIpc) is 3.47. The third-order valence-electron chi connectivity index (χ3n) is 5.76. The van der Waals surface area contributed by atoms with Gasteiger partial charge in [-0.25, -0.2) is 9.37 Å². The molecular formula is C22H28ClFIN5. The van der Waals surface area contributed by atoms with Crippen molar-refractivity contribution in [1.29, 1.82) is 0 Å². The first kappa shape index (κ1) is 23.1. The smallest absolute Gasteiger partial charge is 0.191 e. The molecule has 2 atom stereocenters. The number of halogens is 3. The van der Waals surface area contributed by atoms with E-state index in [4.69, 9.17) is 11.6 Å². The number of hydrogen-bond acceptors (Lipinski definition) is 3. The molecule has 1 aromatic heterocycles. The second-order valence-corrected chi connectivity index (χ2v) is 8.31. The second-order valence-electron chi connectivity index (χ2n) is 7.90. The highest BCUT2D eigenvalue weighted by Crippen LogP contribution is 2.44. The maximum atomic E-state index is 14.1. The lowest BCUT2D eigenvalue weighted by Gasteiger charge is -2.33. The number of guanidine groups is 1. The van der Waals surface area contributed by atoms with Gasteiger partial charge in [-0.15, -0.1) is 24.0 Å². The Balaban J connectivity index is 0.00000256. The molecule has 0 spiro atoms. The van der Waals surface area contributed by atoms with Gasteiger partial charge in [0.15, 0.2) is 5.96 Å². The summed E-state index contributed by atoms with van der Waals surface area (Å²) in [4.78, 5) is 11.2. The summed E-state index contributed by atoms with van der Waals surface area (Å²) in [5.74, 6) is 1.68. The molecule has 1 aromatic carbocycles. The SMILES string of the molecule is CN=C(NC1CCN(c2ccc(C)cn2)CC1)NC1CC1c1c(F)cccc1Cl.I. The van der Waals surface area contributed by atoms with Crippen molar-refractivity contribution >= 4 is 47.4 Å². The van der Waals surface area contributed by atoms with Crippen LogP contribution in [0.5, 0.6) is 0 Å². The van der Waals surface area contributed by atoms with E-state index >= 15 is 0 Å². The number of aliphatic imine (C=N–C) groups is 1. The second kappa shape index (κ2) is 10.1. The number of anilines is 1. The van der Waals surface area contributed by atoms with Crippen molar-refractivity contribution in [2.45, 2.75) is 44.2 Å². The summed E-state index contributed by atoms with van der Waals surface area (Å²) in [7, 11) is 1.77. The van der Waals surface area contributed by atoms with Crippen molar-refractivity contribution in [3.8, 4) is 0 Å². The predicted molar refractivity (Wildman–Crippen MR) is 132 cm³/mol. The number of aromatic nitrogens is 1. The van der Waals surface area contributed by atoms with Crippen LogP contribution in [0, 0.1) is 12.7 Å². The van der Waals surface area contributed by atoms with E-state index in [2.05, 4.69) is 44.6 Å². The van der Waals surface area contributed by atoms with Gasteiger partial charge in [-0.1, -0.05) is 23.7 Å². The summed E-state index contributed by atoms with van der Waals surface area (Å²) in [6.07, 6.45) is 4.81. The van der Waals surface area contributed by atoms with Crippen LogP contribution in [0.25, 0.3) is 0 Å². The third-order valence-corrected chi connectivity index (χ3v) is 6.09. The molecule has 0 bridgehead atoms. The zero-order valence-corrected chi connectivity index (χ0v) is 20.3. The minimum atomic E-state index is -0.230. The molecule has 1 aliphatic carbocycles. The van der Waals surface area contributed by atoms with E-state index in [1.54, 1.807) is 19.2 Å². The van der Waals surface area contributed by atoms with E-state index in [-0.39, 0.29) is 41.8 Å². The molecule has 162 valence electrons. The van der Waals surface area contributed by atoms with Gasteiger partial charge in [0.1, 0.15) is 11.6 Å². The Morgan fingerprint density at radius 1 is 1.20 bits per heavy atom. The van der Waals surface area contributed by atoms with Gasteiger partial charge < -0.3 is 15.5 Å². The molecule has 2 N–H and O–H groups in total. The molecule has 8 heteroatoms. The quantitative estimate of drug-likeness (QED) is 0.339. The Morgan fingerprint density at radius 2 is 1.97 bits per heavy atom. The normalized spacial score (nSPS) is 21.7. The Morgan fingerprint density at radius 3 is 2.60 bits per heavy atom. The van der Waals surface area contributed by atoms with Gasteiger partial charge in [-0.3, -0.25) is 4.99 Å². The van der Waals surface area contributed by atoms with Gasteiger partial charge in [0, 0.05) is 54.9 Å². The molecule has 1 saturated heterocycles. The van der Waals surface area contributed by atoms with Gasteiger partial charge in [-0.05, 0) is 49.9 Å². The maximum absolute atomic E-state index is 14.1. The number of rotatable bonds is 4. The topological polar surface area (TPSA) is 52.6 Å². The predicted octanol–water partition coefficient (Wildman–Crippen LogP) is 4.49. The van der Waals surface area contributed by atoms with E-state index in [0.29, 0.717) is 16.6 Å². The van der Waals surface area contributed by atoms with Crippen LogP contribution < -0.4 is 15.5 Å². The molecule has 2 aromatic rings. The molecule has 2 fully saturated rings. The first-order valence-corrected chi connectivity index (χ1v) is 10.5. The number of pyridine rings is 1. The zero-order valence-electron chi connectivity index (χ0n) is 17.2. The van der Waals surface area contributed by atoms with Gasteiger partial charge in [0.05, 0.1) is 0 Å². The number of hydrogen-bond donors (Lipinski definition) is 2. The Hall–Kier alpha value is -1.61. The maximum Gasteiger partial charge on any atom is 0.191 e. The van der Waals surface area contributed by atoms with E-state index in [1.165, 1.54) is 11.6 Å². The number of nitrogens with zero attached hydrogens (tertiary/aromatic N) is 3. The monoisotopic (exact) mass is 543 g/mol. The van der Waals surface area contributed by atoms with Crippen LogP contribution in [0.2, 0.25) is 5.02 Å². The summed E-state index contributed by atoms with van der Waals surface area (Å²) in [6, 6.07) is 9.58. The van der Waals surface area contributed by atoms with Gasteiger partial charge in [0.2, 0.25) is 0 Å². The van der Waals surface area contributed by atoms with Crippen LogP contribution in [-0.2, 0) is 0 Å². The molecule has 2 heterocycles. The van der Waals surface area contributed by atoms with Crippen molar-refractivity contribution in [2.75, 3.05) is 25.0 Å². The van der Waals surface area contributed by atoms with Crippen molar-refractivity contribution in [1.82, 2.24) is 15.6 Å². The zero-order chi connectivity index (χ0) is 20.4. The summed E-state index contributed by atoms with van der Waals surface area (Å²) < 4.78 is 14.1. The van der Waals surface area contributed by atoms with E-state index < -0.39 is 0 Å². The van der Waals surface area contributed by atoms with Gasteiger partial charge in [-0.2, -0.15) is 0 Å². The fraction of sp³-hybridized carbons (Fsp3) is 0.455. The molecule has 30 heavy (non-hydrogen) atoms. The number of aryl methyl sites for hydroxylation is 1. The average molecular weight is 544 g/mol. The van der Waals surface area contributed by atoms with Crippen molar-refractivity contribution < 1.29 is 4.39 Å².